The second kappa shape index (κ2) is 11.2. The van der Waals surface area contributed by atoms with Crippen molar-refractivity contribution in [3.05, 3.63) is 41.0 Å². The van der Waals surface area contributed by atoms with E-state index in [0.29, 0.717) is 13.1 Å². The molecule has 1 aromatic carbocycles. The maximum atomic E-state index is 5.48. The molecule has 1 aromatic heterocycles. The minimum Gasteiger partial charge on any atom is -0.496 e. The molecule has 0 atom stereocenters. The lowest BCUT2D eigenvalue weighted by Crippen LogP contribution is -2.37. The van der Waals surface area contributed by atoms with E-state index in [1.807, 2.05) is 6.07 Å². The highest BCUT2D eigenvalue weighted by molar-refractivity contribution is 14.0. The molecule has 2 N–H and O–H groups in total. The molecule has 2 aromatic rings. The number of aromatic nitrogens is 3. The molecule has 0 fully saturated rings. The van der Waals surface area contributed by atoms with Crippen LogP contribution in [0.4, 0.5) is 0 Å². The summed E-state index contributed by atoms with van der Waals surface area (Å²) in [5, 5.41) is 15.4. The quantitative estimate of drug-likeness (QED) is 0.364. The predicted octanol–water partition coefficient (Wildman–Crippen LogP) is 3.19. The van der Waals surface area contributed by atoms with Crippen LogP contribution in [0.5, 0.6) is 5.75 Å². The zero-order valence-corrected chi connectivity index (χ0v) is 19.3. The number of ether oxygens (including phenoxy) is 1. The average Bonchev–Trinajstić information content (AvgIpc) is 2.90. The Morgan fingerprint density at radius 2 is 2.07 bits per heavy atom. The van der Waals surface area contributed by atoms with Crippen molar-refractivity contribution in [1.29, 1.82) is 0 Å². The molecule has 0 unspecified atom stereocenters. The summed E-state index contributed by atoms with van der Waals surface area (Å²) in [6.45, 7) is 7.10. The number of aryl methyl sites for hydroxylation is 2. The van der Waals surface area contributed by atoms with Crippen molar-refractivity contribution in [2.24, 2.45) is 4.99 Å². The van der Waals surface area contributed by atoms with E-state index in [1.54, 1.807) is 7.11 Å². The van der Waals surface area contributed by atoms with Crippen LogP contribution in [0.2, 0.25) is 0 Å². The van der Waals surface area contributed by atoms with Crippen molar-refractivity contribution >= 4 is 29.9 Å². The van der Waals surface area contributed by atoms with E-state index in [9.17, 15) is 0 Å². The first-order chi connectivity index (χ1) is 13.2. The third-order valence-corrected chi connectivity index (χ3v) is 4.79. The van der Waals surface area contributed by atoms with Crippen LogP contribution in [-0.2, 0) is 26.1 Å². The Morgan fingerprint density at radius 3 is 2.86 bits per heavy atom. The number of fused-ring (bicyclic) bond motifs is 1. The molecule has 0 amide bonds. The fraction of sp³-hybridized carbons (Fsp3) is 0.550. The minimum absolute atomic E-state index is 0. The Hall–Kier alpha value is -1.84. The van der Waals surface area contributed by atoms with E-state index in [1.165, 1.54) is 24.8 Å². The van der Waals surface area contributed by atoms with E-state index in [4.69, 9.17) is 9.73 Å². The number of aliphatic imine (C=N–C) groups is 1. The van der Waals surface area contributed by atoms with Crippen LogP contribution in [0.3, 0.4) is 0 Å². The van der Waals surface area contributed by atoms with Gasteiger partial charge in [-0.05, 0) is 38.3 Å². The first-order valence-corrected chi connectivity index (χ1v) is 9.78. The highest BCUT2D eigenvalue weighted by atomic mass is 127. The molecule has 1 aliphatic rings. The molecule has 7 nitrogen and oxygen atoms in total. The van der Waals surface area contributed by atoms with Crippen LogP contribution in [0, 0.1) is 6.92 Å². The summed E-state index contributed by atoms with van der Waals surface area (Å²) in [6, 6.07) is 6.19. The molecule has 2 heterocycles. The third-order valence-electron chi connectivity index (χ3n) is 4.79. The van der Waals surface area contributed by atoms with Crippen molar-refractivity contribution in [2.45, 2.75) is 59.2 Å². The highest BCUT2D eigenvalue weighted by Gasteiger charge is 2.14. The van der Waals surface area contributed by atoms with Gasteiger partial charge in [0, 0.05) is 25.1 Å². The van der Waals surface area contributed by atoms with E-state index >= 15 is 0 Å². The lowest BCUT2D eigenvalue weighted by molar-refractivity contribution is 0.409. The summed E-state index contributed by atoms with van der Waals surface area (Å²) in [6.07, 6.45) is 4.68. The van der Waals surface area contributed by atoms with Gasteiger partial charge in [0.25, 0.3) is 0 Å². The van der Waals surface area contributed by atoms with Gasteiger partial charge in [0.1, 0.15) is 11.6 Å². The molecule has 3 rings (SSSR count). The Balaban J connectivity index is 0.00000280. The SMILES string of the molecule is CCNC(=NCc1ccc(C)cc1OC)NCc1nnc2n1CCCCC2.I. The number of hydrogen-bond donors (Lipinski definition) is 2. The van der Waals surface area contributed by atoms with Crippen molar-refractivity contribution in [3.63, 3.8) is 0 Å². The van der Waals surface area contributed by atoms with E-state index in [-0.39, 0.29) is 24.0 Å². The number of nitrogens with one attached hydrogen (secondary N) is 2. The van der Waals surface area contributed by atoms with Crippen LogP contribution in [0.25, 0.3) is 0 Å². The van der Waals surface area contributed by atoms with E-state index in [2.05, 4.69) is 51.4 Å². The third kappa shape index (κ3) is 5.83. The number of nitrogens with zero attached hydrogens (tertiary/aromatic N) is 4. The van der Waals surface area contributed by atoms with Gasteiger partial charge in [-0.25, -0.2) is 4.99 Å². The van der Waals surface area contributed by atoms with Gasteiger partial charge >= 0.3 is 0 Å². The summed E-state index contributed by atoms with van der Waals surface area (Å²) < 4.78 is 7.74. The maximum absolute atomic E-state index is 5.48. The Bertz CT molecular complexity index is 789. The molecule has 0 spiro atoms. The summed E-state index contributed by atoms with van der Waals surface area (Å²) >= 11 is 0. The molecule has 0 bridgehead atoms. The summed E-state index contributed by atoms with van der Waals surface area (Å²) in [5.74, 6) is 3.73. The van der Waals surface area contributed by atoms with Gasteiger partial charge in [-0.15, -0.1) is 34.2 Å². The number of halogens is 1. The molecule has 154 valence electrons. The van der Waals surface area contributed by atoms with Gasteiger partial charge in [0.2, 0.25) is 0 Å². The van der Waals surface area contributed by atoms with Crippen LogP contribution < -0.4 is 15.4 Å². The lowest BCUT2D eigenvalue weighted by atomic mass is 10.1. The van der Waals surface area contributed by atoms with Crippen LogP contribution >= 0.6 is 24.0 Å². The highest BCUT2D eigenvalue weighted by Crippen LogP contribution is 2.20. The monoisotopic (exact) mass is 498 g/mol. The molecule has 0 aliphatic carbocycles. The Morgan fingerprint density at radius 1 is 1.21 bits per heavy atom. The van der Waals surface area contributed by atoms with Gasteiger partial charge in [-0.1, -0.05) is 18.6 Å². The smallest absolute Gasteiger partial charge is 0.191 e. The molecule has 28 heavy (non-hydrogen) atoms. The van der Waals surface area contributed by atoms with Crippen LogP contribution in [0.15, 0.2) is 23.2 Å². The van der Waals surface area contributed by atoms with Crippen molar-refractivity contribution in [2.75, 3.05) is 13.7 Å². The standard InChI is InChI=1S/C20H30N6O.HI/c1-4-21-20(22-13-16-10-9-15(2)12-17(16)27-3)23-14-19-25-24-18-8-6-5-7-11-26(18)19;/h9-10,12H,4-8,11,13-14H2,1-3H3,(H2,21,22,23);1H. The number of benzene rings is 1. The van der Waals surface area contributed by atoms with Crippen LogP contribution in [0.1, 0.15) is 49.0 Å². The van der Waals surface area contributed by atoms with Crippen molar-refractivity contribution < 1.29 is 4.74 Å². The van der Waals surface area contributed by atoms with Crippen LogP contribution in [-0.4, -0.2) is 34.4 Å². The van der Waals surface area contributed by atoms with E-state index < -0.39 is 0 Å². The molecule has 0 radical (unpaired) electrons. The number of rotatable bonds is 6. The van der Waals surface area contributed by atoms with Gasteiger partial charge in [-0.3, -0.25) is 0 Å². The van der Waals surface area contributed by atoms with E-state index in [0.717, 1.165) is 48.4 Å². The number of methoxy groups -OCH3 is 1. The summed E-state index contributed by atoms with van der Waals surface area (Å²) in [4.78, 5) is 4.71. The Kier molecular flexibility index (Phi) is 9.01. The van der Waals surface area contributed by atoms with Gasteiger partial charge in [0.15, 0.2) is 11.8 Å². The maximum Gasteiger partial charge on any atom is 0.191 e. The Labute approximate surface area is 184 Å². The van der Waals surface area contributed by atoms with Gasteiger partial charge < -0.3 is 19.9 Å². The fourth-order valence-electron chi connectivity index (χ4n) is 3.33. The van der Waals surface area contributed by atoms with Crippen molar-refractivity contribution in [1.82, 2.24) is 25.4 Å². The second-order valence-corrected chi connectivity index (χ2v) is 6.86. The molecule has 8 heteroatoms. The largest absolute Gasteiger partial charge is 0.496 e. The number of hydrogen-bond acceptors (Lipinski definition) is 4. The van der Waals surface area contributed by atoms with Gasteiger partial charge in [-0.2, -0.15) is 0 Å². The van der Waals surface area contributed by atoms with Gasteiger partial charge in [0.05, 0.1) is 20.2 Å². The second-order valence-electron chi connectivity index (χ2n) is 6.86. The first kappa shape index (κ1) is 22.4. The number of guanidine groups is 1. The minimum atomic E-state index is 0. The zero-order chi connectivity index (χ0) is 19.1. The molecular weight excluding hydrogens is 467 g/mol. The fourth-order valence-corrected chi connectivity index (χ4v) is 3.33. The molecule has 0 saturated heterocycles. The molecule has 1 aliphatic heterocycles. The summed E-state index contributed by atoms with van der Waals surface area (Å²) in [5.41, 5.74) is 2.24. The molecular formula is C20H31IN6O. The average molecular weight is 498 g/mol. The first-order valence-electron chi connectivity index (χ1n) is 9.78. The lowest BCUT2D eigenvalue weighted by Gasteiger charge is -2.13. The molecule has 0 saturated carbocycles. The summed E-state index contributed by atoms with van der Waals surface area (Å²) in [7, 11) is 1.70. The predicted molar refractivity (Wildman–Crippen MR) is 122 cm³/mol. The topological polar surface area (TPSA) is 76.4 Å². The zero-order valence-electron chi connectivity index (χ0n) is 17.0. The van der Waals surface area contributed by atoms with Crippen molar-refractivity contribution in [3.8, 4) is 5.75 Å². The normalized spacial score (nSPS) is 13.9.